The monoisotopic (exact) mass is 495 g/mol. The largest absolute Gasteiger partial charge is 0.507 e. The number of carbonyl (C=O) groups excluding carboxylic acids is 1. The molecule has 35 heavy (non-hydrogen) atoms. The first-order valence-electron chi connectivity index (χ1n) is 11.7. The molecule has 0 spiro atoms. The van der Waals surface area contributed by atoms with Crippen LogP contribution in [0.3, 0.4) is 0 Å². The van der Waals surface area contributed by atoms with Crippen LogP contribution in [0.5, 0.6) is 5.75 Å². The Hall–Kier alpha value is -3.32. The molecule has 1 unspecified atom stereocenters. The predicted octanol–water partition coefficient (Wildman–Crippen LogP) is 7.17. The third-order valence-electron chi connectivity index (χ3n) is 5.21. The van der Waals surface area contributed by atoms with E-state index >= 15 is 0 Å². The molecular formula is C28H34FN3O2S. The van der Waals surface area contributed by atoms with Crippen molar-refractivity contribution in [2.24, 2.45) is 0 Å². The van der Waals surface area contributed by atoms with Gasteiger partial charge in [0.25, 0.3) is 5.91 Å². The van der Waals surface area contributed by atoms with Crippen molar-refractivity contribution in [1.82, 2.24) is 15.1 Å². The van der Waals surface area contributed by atoms with Crippen LogP contribution < -0.4 is 5.32 Å². The summed E-state index contributed by atoms with van der Waals surface area (Å²) in [6.07, 6.45) is 8.81. The van der Waals surface area contributed by atoms with Gasteiger partial charge in [-0.15, -0.1) is 11.8 Å². The number of thioether (sulfide) groups is 1. The molecule has 0 saturated carbocycles. The van der Waals surface area contributed by atoms with Gasteiger partial charge in [0.1, 0.15) is 11.6 Å². The Labute approximate surface area is 211 Å². The number of halogens is 1. The maximum atomic E-state index is 13.3. The van der Waals surface area contributed by atoms with Gasteiger partial charge in [0, 0.05) is 16.0 Å². The minimum absolute atomic E-state index is 0.219. The van der Waals surface area contributed by atoms with Crippen LogP contribution >= 0.6 is 11.8 Å². The van der Waals surface area contributed by atoms with E-state index in [2.05, 4.69) is 30.8 Å². The zero-order valence-corrected chi connectivity index (χ0v) is 21.8. The number of hydrogen-bond acceptors (Lipinski definition) is 4. The molecule has 0 aliphatic carbocycles. The van der Waals surface area contributed by atoms with E-state index in [1.165, 1.54) is 30.3 Å². The number of carbonyl (C=O) groups is 1. The first-order valence-corrected chi connectivity index (χ1v) is 12.9. The standard InChI is InChI=1S/C25H26FN3O2S.C3H8/c1-5-19(20-15-27-29(22(20)7-3)18-11-9-17(26)10-12-18)25(31)28-21(6-2)16-8-13-23(30)24(14-16)32-4;1-3-2/h5,7-15,21,30H,3,6H2,1-2,4H3,(H,28,31);3H2,1-2H3/b19-5+;. The second-order valence-corrected chi connectivity index (χ2v) is 8.66. The fraction of sp³-hybridized carbons (Fsp3) is 0.286. The highest BCUT2D eigenvalue weighted by Crippen LogP contribution is 2.31. The van der Waals surface area contributed by atoms with Crippen molar-refractivity contribution in [2.45, 2.75) is 51.5 Å². The molecule has 0 bridgehead atoms. The van der Waals surface area contributed by atoms with Gasteiger partial charge in [-0.2, -0.15) is 5.10 Å². The number of hydrogen-bond donors (Lipinski definition) is 2. The number of aromatic nitrogens is 2. The van der Waals surface area contributed by atoms with Gasteiger partial charge in [-0.1, -0.05) is 45.9 Å². The SMILES string of the molecule is C=Cc1c(/C(=C\C)C(=O)NC(CC)c2ccc(O)c(SC)c2)cnn1-c1ccc(F)cc1.CCC. The zero-order valence-electron chi connectivity index (χ0n) is 21.0. The van der Waals surface area contributed by atoms with Crippen LogP contribution in [0.2, 0.25) is 0 Å². The fourth-order valence-electron chi connectivity index (χ4n) is 3.53. The average Bonchev–Trinajstić information content (AvgIpc) is 3.28. The van der Waals surface area contributed by atoms with Crippen LogP contribution in [0, 0.1) is 5.82 Å². The van der Waals surface area contributed by atoms with E-state index in [1.807, 2.05) is 25.3 Å². The molecule has 7 heteroatoms. The smallest absolute Gasteiger partial charge is 0.252 e. The number of allylic oxidation sites excluding steroid dienone is 1. The molecule has 1 aromatic heterocycles. The van der Waals surface area contributed by atoms with Crippen molar-refractivity contribution < 1.29 is 14.3 Å². The summed E-state index contributed by atoms with van der Waals surface area (Å²) in [5.41, 5.74) is 3.33. The number of phenols is 1. The van der Waals surface area contributed by atoms with E-state index in [4.69, 9.17) is 0 Å². The minimum Gasteiger partial charge on any atom is -0.507 e. The molecule has 0 saturated heterocycles. The van der Waals surface area contributed by atoms with Crippen LogP contribution in [-0.2, 0) is 4.79 Å². The Morgan fingerprint density at radius 3 is 2.43 bits per heavy atom. The Morgan fingerprint density at radius 2 is 1.89 bits per heavy atom. The van der Waals surface area contributed by atoms with Crippen LogP contribution in [0.1, 0.15) is 63.4 Å². The van der Waals surface area contributed by atoms with E-state index in [1.54, 1.807) is 48.2 Å². The number of benzene rings is 2. The summed E-state index contributed by atoms with van der Waals surface area (Å²) < 4.78 is 14.9. The molecular weight excluding hydrogens is 461 g/mol. The lowest BCUT2D eigenvalue weighted by Crippen LogP contribution is -2.29. The van der Waals surface area contributed by atoms with Gasteiger partial charge in [0.05, 0.1) is 23.6 Å². The zero-order chi connectivity index (χ0) is 26.0. The summed E-state index contributed by atoms with van der Waals surface area (Å²) in [4.78, 5) is 14.0. The second-order valence-electron chi connectivity index (χ2n) is 7.81. The molecule has 0 aliphatic heterocycles. The van der Waals surface area contributed by atoms with Crippen molar-refractivity contribution >= 4 is 29.3 Å². The van der Waals surface area contributed by atoms with Gasteiger partial charge in [0.2, 0.25) is 0 Å². The van der Waals surface area contributed by atoms with Crippen molar-refractivity contribution in [3.8, 4) is 11.4 Å². The van der Waals surface area contributed by atoms with Crippen LogP contribution in [0.4, 0.5) is 4.39 Å². The fourth-order valence-corrected chi connectivity index (χ4v) is 4.06. The molecule has 3 rings (SSSR count). The maximum absolute atomic E-state index is 13.3. The summed E-state index contributed by atoms with van der Waals surface area (Å²) in [6.45, 7) is 11.9. The molecule has 186 valence electrons. The quantitative estimate of drug-likeness (QED) is 0.257. The molecule has 0 aliphatic rings. The topological polar surface area (TPSA) is 67.2 Å². The molecule has 3 aromatic rings. The molecule has 5 nitrogen and oxygen atoms in total. The van der Waals surface area contributed by atoms with Gasteiger partial charge in [-0.25, -0.2) is 9.07 Å². The summed E-state index contributed by atoms with van der Waals surface area (Å²) in [6, 6.07) is 11.1. The Balaban J connectivity index is 0.00000137. The van der Waals surface area contributed by atoms with Gasteiger partial charge < -0.3 is 10.4 Å². The predicted molar refractivity (Wildman–Crippen MR) is 144 cm³/mol. The van der Waals surface area contributed by atoms with Gasteiger partial charge in [-0.3, -0.25) is 4.79 Å². The highest BCUT2D eigenvalue weighted by Gasteiger charge is 2.22. The van der Waals surface area contributed by atoms with Gasteiger partial charge in [-0.05, 0) is 67.6 Å². The molecule has 0 fully saturated rings. The number of nitrogens with zero attached hydrogens (tertiary/aromatic N) is 2. The lowest BCUT2D eigenvalue weighted by Gasteiger charge is -2.19. The molecule has 2 aromatic carbocycles. The van der Waals surface area contributed by atoms with Crippen LogP contribution in [0.15, 0.2) is 66.2 Å². The number of nitrogens with one attached hydrogen (secondary N) is 1. The number of amides is 1. The highest BCUT2D eigenvalue weighted by molar-refractivity contribution is 7.98. The summed E-state index contributed by atoms with van der Waals surface area (Å²) in [5.74, 6) is -0.348. The van der Waals surface area contributed by atoms with Gasteiger partial charge in [0.15, 0.2) is 0 Å². The van der Waals surface area contributed by atoms with E-state index in [0.717, 1.165) is 10.5 Å². The molecule has 2 N–H and O–H groups in total. The van der Waals surface area contributed by atoms with Crippen molar-refractivity contribution in [1.29, 1.82) is 0 Å². The van der Waals surface area contributed by atoms with E-state index in [9.17, 15) is 14.3 Å². The number of rotatable bonds is 8. The maximum Gasteiger partial charge on any atom is 0.252 e. The van der Waals surface area contributed by atoms with E-state index < -0.39 is 0 Å². The van der Waals surface area contributed by atoms with E-state index in [-0.39, 0.29) is 23.5 Å². The number of phenolic OH excluding ortho intramolecular Hbond substituents is 1. The van der Waals surface area contributed by atoms with Crippen molar-refractivity contribution in [2.75, 3.05) is 6.26 Å². The third kappa shape index (κ3) is 6.85. The minimum atomic E-state index is -0.334. The third-order valence-corrected chi connectivity index (χ3v) is 5.98. The molecule has 0 radical (unpaired) electrons. The van der Waals surface area contributed by atoms with Crippen LogP contribution in [-0.4, -0.2) is 27.0 Å². The lowest BCUT2D eigenvalue weighted by atomic mass is 10.0. The molecule has 1 amide bonds. The molecule has 1 atom stereocenters. The Kier molecular flexibility index (Phi) is 10.8. The average molecular weight is 496 g/mol. The van der Waals surface area contributed by atoms with Crippen molar-refractivity contribution in [3.63, 3.8) is 0 Å². The van der Waals surface area contributed by atoms with Crippen LogP contribution in [0.25, 0.3) is 17.3 Å². The lowest BCUT2D eigenvalue weighted by molar-refractivity contribution is -0.116. The normalized spacial score (nSPS) is 11.9. The summed E-state index contributed by atoms with van der Waals surface area (Å²) in [7, 11) is 0. The summed E-state index contributed by atoms with van der Waals surface area (Å²) in [5, 5.41) is 17.5. The first-order chi connectivity index (χ1) is 16.8. The summed E-state index contributed by atoms with van der Waals surface area (Å²) >= 11 is 1.45. The van der Waals surface area contributed by atoms with Gasteiger partial charge >= 0.3 is 0 Å². The Morgan fingerprint density at radius 1 is 1.23 bits per heavy atom. The number of aromatic hydroxyl groups is 1. The molecule has 1 heterocycles. The second kappa shape index (κ2) is 13.5. The first kappa shape index (κ1) is 27.9. The highest BCUT2D eigenvalue weighted by atomic mass is 32.2. The Bertz CT molecular complexity index is 1170. The van der Waals surface area contributed by atoms with Crippen molar-refractivity contribution in [3.05, 3.63) is 84.0 Å². The van der Waals surface area contributed by atoms with E-state index in [0.29, 0.717) is 28.9 Å².